The van der Waals surface area contributed by atoms with Gasteiger partial charge in [-0.25, -0.2) is 4.98 Å². The normalized spacial score (nSPS) is 11.6. The summed E-state index contributed by atoms with van der Waals surface area (Å²) in [6.07, 6.45) is 4.02. The van der Waals surface area contributed by atoms with Gasteiger partial charge in [0.05, 0.1) is 17.6 Å². The van der Waals surface area contributed by atoms with E-state index in [1.54, 1.807) is 0 Å². The van der Waals surface area contributed by atoms with E-state index in [0.29, 0.717) is 6.61 Å². The molecule has 3 aromatic rings. The average Bonchev–Trinajstić information content (AvgIpc) is 3.07. The summed E-state index contributed by atoms with van der Waals surface area (Å²) in [7, 11) is 0. The predicted molar refractivity (Wildman–Crippen MR) is 126 cm³/mol. The second kappa shape index (κ2) is 10.5. The SMILES string of the molecule is Cc1cccc(OCCn2c(CCCCCNC(=O)C(C)(C)C)nc3ccccc32)c1. The van der Waals surface area contributed by atoms with Gasteiger partial charge >= 0.3 is 0 Å². The number of nitrogens with one attached hydrogen (secondary N) is 1. The fourth-order valence-electron chi connectivity index (χ4n) is 3.58. The molecule has 0 bridgehead atoms. The molecule has 0 aliphatic rings. The molecule has 0 spiro atoms. The van der Waals surface area contributed by atoms with Crippen molar-refractivity contribution in [2.24, 2.45) is 5.41 Å². The van der Waals surface area contributed by atoms with Crippen LogP contribution in [0, 0.1) is 12.3 Å². The van der Waals surface area contributed by atoms with Crippen molar-refractivity contribution in [2.45, 2.75) is 59.9 Å². The van der Waals surface area contributed by atoms with Gasteiger partial charge in [0.15, 0.2) is 0 Å². The summed E-state index contributed by atoms with van der Waals surface area (Å²) in [5, 5.41) is 3.03. The highest BCUT2D eigenvalue weighted by atomic mass is 16.5. The summed E-state index contributed by atoms with van der Waals surface area (Å²) in [5.74, 6) is 2.12. The van der Waals surface area contributed by atoms with Crippen LogP contribution in [0.4, 0.5) is 0 Å². The maximum atomic E-state index is 11.9. The predicted octanol–water partition coefficient (Wildman–Crippen LogP) is 5.30. The summed E-state index contributed by atoms with van der Waals surface area (Å²) in [5.41, 5.74) is 3.06. The molecule has 166 valence electrons. The zero-order chi connectivity index (χ0) is 22.3. The minimum atomic E-state index is -0.328. The highest BCUT2D eigenvalue weighted by molar-refractivity contribution is 5.81. The molecule has 0 saturated heterocycles. The summed E-state index contributed by atoms with van der Waals surface area (Å²) in [6, 6.07) is 16.4. The van der Waals surface area contributed by atoms with Crippen LogP contribution in [0.3, 0.4) is 0 Å². The van der Waals surface area contributed by atoms with Gasteiger partial charge < -0.3 is 14.6 Å². The van der Waals surface area contributed by atoms with Gasteiger partial charge in [0, 0.05) is 18.4 Å². The molecule has 0 aliphatic heterocycles. The fourth-order valence-corrected chi connectivity index (χ4v) is 3.58. The van der Waals surface area contributed by atoms with E-state index >= 15 is 0 Å². The third kappa shape index (κ3) is 6.58. The topological polar surface area (TPSA) is 56.1 Å². The van der Waals surface area contributed by atoms with Crippen molar-refractivity contribution in [3.63, 3.8) is 0 Å². The Labute approximate surface area is 185 Å². The maximum absolute atomic E-state index is 11.9. The summed E-state index contributed by atoms with van der Waals surface area (Å²) < 4.78 is 8.27. The molecule has 1 heterocycles. The summed E-state index contributed by atoms with van der Waals surface area (Å²) >= 11 is 0. The third-order valence-corrected chi connectivity index (χ3v) is 5.35. The van der Waals surface area contributed by atoms with Crippen LogP contribution in [-0.2, 0) is 17.8 Å². The van der Waals surface area contributed by atoms with Gasteiger partial charge in [-0.1, -0.05) is 51.5 Å². The maximum Gasteiger partial charge on any atom is 0.225 e. The number of para-hydroxylation sites is 2. The number of hydrogen-bond acceptors (Lipinski definition) is 3. The number of benzene rings is 2. The van der Waals surface area contributed by atoms with E-state index in [-0.39, 0.29) is 11.3 Å². The van der Waals surface area contributed by atoms with E-state index in [1.165, 1.54) is 5.56 Å². The Hall–Kier alpha value is -2.82. The van der Waals surface area contributed by atoms with Crippen molar-refractivity contribution >= 4 is 16.9 Å². The number of ether oxygens (including phenoxy) is 1. The van der Waals surface area contributed by atoms with Gasteiger partial charge in [0.1, 0.15) is 18.2 Å². The number of imidazole rings is 1. The zero-order valence-electron chi connectivity index (χ0n) is 19.3. The number of unbranched alkanes of at least 4 members (excludes halogenated alkanes) is 2. The molecule has 1 aromatic heterocycles. The average molecular weight is 422 g/mol. The molecule has 0 aliphatic carbocycles. The lowest BCUT2D eigenvalue weighted by molar-refractivity contribution is -0.128. The molecule has 0 radical (unpaired) electrons. The van der Waals surface area contributed by atoms with Gasteiger partial charge in [0.25, 0.3) is 0 Å². The molecule has 3 rings (SSSR count). The number of nitrogens with zero attached hydrogens (tertiary/aromatic N) is 2. The van der Waals surface area contributed by atoms with Crippen LogP contribution in [0.2, 0.25) is 0 Å². The minimum Gasteiger partial charge on any atom is -0.492 e. The van der Waals surface area contributed by atoms with E-state index in [0.717, 1.165) is 61.4 Å². The Kier molecular flexibility index (Phi) is 7.72. The highest BCUT2D eigenvalue weighted by Gasteiger charge is 2.20. The van der Waals surface area contributed by atoms with Crippen molar-refractivity contribution in [3.8, 4) is 5.75 Å². The van der Waals surface area contributed by atoms with Gasteiger partial charge in [-0.3, -0.25) is 4.79 Å². The molecule has 5 heteroatoms. The lowest BCUT2D eigenvalue weighted by Crippen LogP contribution is -2.35. The Balaban J connectivity index is 1.53. The Morgan fingerprint density at radius 3 is 2.65 bits per heavy atom. The Bertz CT molecular complexity index is 1000. The van der Waals surface area contributed by atoms with Crippen molar-refractivity contribution < 1.29 is 9.53 Å². The molecule has 0 saturated carbocycles. The molecule has 1 N–H and O–H groups in total. The van der Waals surface area contributed by atoms with Crippen LogP contribution in [0.1, 0.15) is 51.4 Å². The first kappa shape index (κ1) is 22.9. The number of hydrogen-bond donors (Lipinski definition) is 1. The molecular formula is C26H35N3O2. The first-order valence-electron chi connectivity index (χ1n) is 11.3. The van der Waals surface area contributed by atoms with Crippen LogP contribution in [-0.4, -0.2) is 28.6 Å². The molecule has 2 aromatic carbocycles. The van der Waals surface area contributed by atoms with E-state index < -0.39 is 0 Å². The Morgan fingerprint density at radius 1 is 1.06 bits per heavy atom. The number of rotatable bonds is 10. The van der Waals surface area contributed by atoms with E-state index in [9.17, 15) is 4.79 Å². The number of aromatic nitrogens is 2. The van der Waals surface area contributed by atoms with E-state index in [1.807, 2.05) is 39.0 Å². The lowest BCUT2D eigenvalue weighted by Gasteiger charge is -2.17. The highest BCUT2D eigenvalue weighted by Crippen LogP contribution is 2.19. The van der Waals surface area contributed by atoms with Crippen LogP contribution in [0.15, 0.2) is 48.5 Å². The fraction of sp³-hybridized carbons (Fsp3) is 0.462. The second-order valence-corrected chi connectivity index (χ2v) is 9.15. The number of fused-ring (bicyclic) bond motifs is 1. The number of amides is 1. The number of carbonyl (C=O) groups excluding carboxylic acids is 1. The standard InChI is InChI=1S/C26H35N3O2/c1-20-11-10-12-21(19-20)31-18-17-29-23-14-8-7-13-22(23)28-24(29)15-6-5-9-16-27-25(30)26(2,3)4/h7-8,10-14,19H,5-6,9,15-18H2,1-4H3,(H,27,30). The van der Waals surface area contributed by atoms with Gasteiger partial charge in [-0.05, 0) is 49.6 Å². The van der Waals surface area contributed by atoms with Crippen LogP contribution in [0.5, 0.6) is 5.75 Å². The number of aryl methyl sites for hydroxylation is 2. The second-order valence-electron chi connectivity index (χ2n) is 9.15. The van der Waals surface area contributed by atoms with Crippen molar-refractivity contribution in [3.05, 3.63) is 59.9 Å². The minimum absolute atomic E-state index is 0.114. The first-order chi connectivity index (χ1) is 14.8. The van der Waals surface area contributed by atoms with E-state index in [4.69, 9.17) is 9.72 Å². The first-order valence-corrected chi connectivity index (χ1v) is 11.3. The summed E-state index contributed by atoms with van der Waals surface area (Å²) in [6.45, 7) is 10.0. The van der Waals surface area contributed by atoms with E-state index in [2.05, 4.69) is 47.1 Å². The van der Waals surface area contributed by atoms with Gasteiger partial charge in [0.2, 0.25) is 5.91 Å². The molecule has 1 amide bonds. The van der Waals surface area contributed by atoms with Crippen LogP contribution >= 0.6 is 0 Å². The summed E-state index contributed by atoms with van der Waals surface area (Å²) in [4.78, 5) is 16.8. The smallest absolute Gasteiger partial charge is 0.225 e. The van der Waals surface area contributed by atoms with Crippen LogP contribution in [0.25, 0.3) is 11.0 Å². The number of carbonyl (C=O) groups is 1. The van der Waals surface area contributed by atoms with Crippen molar-refractivity contribution in [1.82, 2.24) is 14.9 Å². The monoisotopic (exact) mass is 421 g/mol. The van der Waals surface area contributed by atoms with Gasteiger partial charge in [-0.2, -0.15) is 0 Å². The molecule has 0 atom stereocenters. The molecule has 5 nitrogen and oxygen atoms in total. The largest absolute Gasteiger partial charge is 0.492 e. The molecule has 0 fully saturated rings. The molecular weight excluding hydrogens is 386 g/mol. The molecule has 31 heavy (non-hydrogen) atoms. The van der Waals surface area contributed by atoms with Crippen molar-refractivity contribution in [1.29, 1.82) is 0 Å². The van der Waals surface area contributed by atoms with Crippen LogP contribution < -0.4 is 10.1 Å². The quantitative estimate of drug-likeness (QED) is 0.452. The van der Waals surface area contributed by atoms with Crippen molar-refractivity contribution in [2.75, 3.05) is 13.2 Å². The third-order valence-electron chi connectivity index (χ3n) is 5.35. The molecule has 0 unspecified atom stereocenters. The van der Waals surface area contributed by atoms with Gasteiger partial charge in [-0.15, -0.1) is 0 Å². The zero-order valence-corrected chi connectivity index (χ0v) is 19.3. The Morgan fingerprint density at radius 2 is 1.87 bits per heavy atom. The lowest BCUT2D eigenvalue weighted by atomic mass is 9.96.